The number of hydrogen-bond acceptors (Lipinski definition) is 4. The van der Waals surface area contributed by atoms with Gasteiger partial charge in [-0.1, -0.05) is 12.2 Å². The number of likely N-dealkylation sites (tertiary alicyclic amines) is 2. The van der Waals surface area contributed by atoms with E-state index in [4.69, 9.17) is 0 Å². The Morgan fingerprint density at radius 3 is 1.26 bits per heavy atom. The van der Waals surface area contributed by atoms with Crippen molar-refractivity contribution in [2.75, 3.05) is 67.5 Å². The molecule has 0 unspecified atom stereocenters. The van der Waals surface area contributed by atoms with Crippen molar-refractivity contribution in [2.45, 2.75) is 13.8 Å². The van der Waals surface area contributed by atoms with Crippen molar-refractivity contribution in [2.24, 2.45) is 47.3 Å². The predicted molar refractivity (Wildman–Crippen MR) is 126 cm³/mol. The molecule has 6 aliphatic rings. The second kappa shape index (κ2) is 7.72. The van der Waals surface area contributed by atoms with Crippen LogP contribution in [0.15, 0.2) is 12.2 Å². The quantitative estimate of drug-likeness (QED) is 0.292. The molecule has 8 nitrogen and oxygen atoms in total. The molecule has 6 rings (SSSR count). The minimum Gasteiger partial charge on any atom is -0.327 e. The zero-order valence-corrected chi connectivity index (χ0v) is 21.4. The minimum absolute atomic E-state index is 0.0101. The minimum atomic E-state index is -0.366. The molecule has 34 heavy (non-hydrogen) atoms. The highest BCUT2D eigenvalue weighted by molar-refractivity contribution is 6.09. The molecular weight excluding hydrogens is 432 g/mol. The normalized spacial score (nSPS) is 38.4. The van der Waals surface area contributed by atoms with E-state index < -0.39 is 0 Å². The van der Waals surface area contributed by atoms with Gasteiger partial charge in [-0.3, -0.25) is 29.0 Å². The Bertz CT molecular complexity index is 916. The zero-order valence-electron chi connectivity index (χ0n) is 21.4. The van der Waals surface area contributed by atoms with Crippen molar-refractivity contribution in [3.05, 3.63) is 12.2 Å². The molecule has 8 heteroatoms. The highest BCUT2D eigenvalue weighted by Gasteiger charge is 2.74. The predicted octanol–water partition coefficient (Wildman–Crippen LogP) is 0.443. The molecule has 186 valence electrons. The maximum Gasteiger partial charge on any atom is 0.233 e. The standard InChI is InChI=1S/C26H40N4O4/c1-7-29(3,4)13-11-27-23(31)19-15-9-10-16(20(19)24(27)32)18-17(15)21-22(18)26(34)28(25(21)33)12-14-30(5,6)8-2/h9-10,15-22H,7-8,11-14H2,1-6H3/q+2/t15-,16+,17+,18-,19+,20-,21+,22-. The average Bonchev–Trinajstić information content (AvgIpc) is 3.15. The van der Waals surface area contributed by atoms with Crippen LogP contribution < -0.4 is 0 Å². The van der Waals surface area contributed by atoms with Gasteiger partial charge in [0.25, 0.3) is 0 Å². The summed E-state index contributed by atoms with van der Waals surface area (Å²) >= 11 is 0. The van der Waals surface area contributed by atoms with Crippen molar-refractivity contribution < 1.29 is 28.1 Å². The number of allylic oxidation sites excluding steroid dienone is 2. The first-order chi connectivity index (χ1) is 15.9. The second-order valence-corrected chi connectivity index (χ2v) is 12.4. The van der Waals surface area contributed by atoms with Crippen LogP contribution in [0.1, 0.15) is 13.8 Å². The molecule has 8 atom stereocenters. The molecule has 0 aromatic heterocycles. The van der Waals surface area contributed by atoms with Crippen LogP contribution in [0.25, 0.3) is 0 Å². The van der Waals surface area contributed by atoms with Crippen LogP contribution in [-0.2, 0) is 19.2 Å². The van der Waals surface area contributed by atoms with Gasteiger partial charge in [-0.25, -0.2) is 0 Å². The van der Waals surface area contributed by atoms with Gasteiger partial charge in [0.05, 0.1) is 91.1 Å². The van der Waals surface area contributed by atoms with Gasteiger partial charge < -0.3 is 8.97 Å². The van der Waals surface area contributed by atoms with E-state index in [1.165, 1.54) is 9.80 Å². The molecule has 4 amide bonds. The van der Waals surface area contributed by atoms with Gasteiger partial charge in [0, 0.05) is 0 Å². The molecule has 0 spiro atoms. The molecule has 2 saturated carbocycles. The van der Waals surface area contributed by atoms with Crippen LogP contribution in [0, 0.1) is 47.3 Å². The molecule has 2 saturated heterocycles. The van der Waals surface area contributed by atoms with E-state index >= 15 is 0 Å². The maximum absolute atomic E-state index is 13.5. The summed E-state index contributed by atoms with van der Waals surface area (Å²) in [5.41, 5.74) is 0. The zero-order chi connectivity index (χ0) is 24.7. The monoisotopic (exact) mass is 472 g/mol. The van der Waals surface area contributed by atoms with Crippen molar-refractivity contribution in [3.8, 4) is 0 Å². The smallest absolute Gasteiger partial charge is 0.233 e. The summed E-state index contributed by atoms with van der Waals surface area (Å²) in [7, 11) is 8.42. The third-order valence-electron chi connectivity index (χ3n) is 10.1. The second-order valence-electron chi connectivity index (χ2n) is 12.4. The van der Waals surface area contributed by atoms with E-state index in [9.17, 15) is 19.2 Å². The van der Waals surface area contributed by atoms with Gasteiger partial charge in [0.1, 0.15) is 0 Å². The first-order valence-corrected chi connectivity index (χ1v) is 13.0. The van der Waals surface area contributed by atoms with E-state index in [1.54, 1.807) is 0 Å². The number of hydrogen-bond donors (Lipinski definition) is 0. The van der Waals surface area contributed by atoms with Gasteiger partial charge in [-0.2, -0.15) is 0 Å². The lowest BCUT2D eigenvalue weighted by molar-refractivity contribution is -0.887. The van der Waals surface area contributed by atoms with E-state index in [0.29, 0.717) is 13.1 Å². The third kappa shape index (κ3) is 3.17. The van der Waals surface area contributed by atoms with Crippen LogP contribution >= 0.6 is 0 Å². The summed E-state index contributed by atoms with van der Waals surface area (Å²) in [5, 5.41) is 0. The van der Waals surface area contributed by atoms with Crippen molar-refractivity contribution in [1.82, 2.24) is 9.80 Å². The van der Waals surface area contributed by atoms with Gasteiger partial charge in [0.2, 0.25) is 23.6 Å². The van der Waals surface area contributed by atoms with Crippen LogP contribution in [0.2, 0.25) is 0 Å². The molecule has 0 aromatic carbocycles. The number of nitrogens with zero attached hydrogens (tertiary/aromatic N) is 4. The first-order valence-electron chi connectivity index (χ1n) is 13.0. The Kier molecular flexibility index (Phi) is 5.37. The molecule has 2 heterocycles. The van der Waals surface area contributed by atoms with E-state index in [2.05, 4.69) is 54.2 Å². The third-order valence-corrected chi connectivity index (χ3v) is 10.1. The molecule has 0 aromatic rings. The van der Waals surface area contributed by atoms with Crippen LogP contribution in [-0.4, -0.2) is 110 Å². The summed E-state index contributed by atoms with van der Waals surface area (Å²) in [6.45, 7) is 8.41. The molecule has 0 radical (unpaired) electrons. The van der Waals surface area contributed by atoms with Crippen LogP contribution in [0.3, 0.4) is 0 Å². The lowest BCUT2D eigenvalue weighted by Crippen LogP contribution is -2.63. The number of carbonyl (C=O) groups excluding carboxylic acids is 4. The fraction of sp³-hybridized carbons (Fsp3) is 0.769. The number of imide groups is 2. The Morgan fingerprint density at radius 2 is 0.941 bits per heavy atom. The highest BCUT2D eigenvalue weighted by Crippen LogP contribution is 2.68. The number of quaternary nitrogens is 2. The van der Waals surface area contributed by atoms with E-state index in [1.807, 2.05) is 0 Å². The summed E-state index contributed by atoms with van der Waals surface area (Å²) < 4.78 is 1.50. The summed E-state index contributed by atoms with van der Waals surface area (Å²) in [6.07, 6.45) is 4.17. The SMILES string of the molecule is CC[N+](C)(C)CCN1C(=O)[C@@H]2[C@H]3C=C[C@@H]([C@@H]2C1=O)[C@@H]1[C@@H]2C(=O)N(CC[N+](C)(C)CC)C(=O)[C@@H]2[C@H]31. The topological polar surface area (TPSA) is 74.8 Å². The average molecular weight is 473 g/mol. The fourth-order valence-electron chi connectivity index (χ4n) is 7.22. The van der Waals surface area contributed by atoms with Crippen molar-refractivity contribution in [1.29, 1.82) is 0 Å². The van der Waals surface area contributed by atoms with Crippen LogP contribution in [0.5, 0.6) is 0 Å². The van der Waals surface area contributed by atoms with E-state index in [-0.39, 0.29) is 71.0 Å². The van der Waals surface area contributed by atoms with Gasteiger partial charge in [-0.15, -0.1) is 0 Å². The molecule has 2 aliphatic heterocycles. The molecule has 2 bridgehead atoms. The number of rotatable bonds is 8. The highest BCUT2D eigenvalue weighted by atomic mass is 16.2. The van der Waals surface area contributed by atoms with Crippen molar-refractivity contribution in [3.63, 3.8) is 0 Å². The van der Waals surface area contributed by atoms with Crippen molar-refractivity contribution >= 4 is 23.6 Å². The maximum atomic E-state index is 13.5. The Balaban J connectivity index is 1.36. The van der Waals surface area contributed by atoms with Gasteiger partial charge >= 0.3 is 0 Å². The van der Waals surface area contributed by atoms with E-state index in [0.717, 1.165) is 35.1 Å². The number of amides is 4. The first kappa shape index (κ1) is 23.7. The van der Waals surface area contributed by atoms with Crippen LogP contribution in [0.4, 0.5) is 0 Å². The summed E-state index contributed by atoms with van der Waals surface area (Å²) in [5.74, 6) is -1.82. The molecule has 0 N–H and O–H groups in total. The molecule has 4 aliphatic carbocycles. The largest absolute Gasteiger partial charge is 0.327 e. The number of fused-ring (bicyclic) bond motifs is 1. The Morgan fingerprint density at radius 1 is 0.618 bits per heavy atom. The van der Waals surface area contributed by atoms with Gasteiger partial charge in [0.15, 0.2) is 0 Å². The molecular formula is C26H40N4O4+2. The lowest BCUT2D eigenvalue weighted by Gasteiger charge is -2.60. The number of carbonyl (C=O) groups is 4. The Hall–Kier alpha value is -2.06. The fourth-order valence-corrected chi connectivity index (χ4v) is 7.22. The summed E-state index contributed by atoms with van der Waals surface area (Å²) in [6, 6.07) is 0. The Labute approximate surface area is 202 Å². The van der Waals surface area contributed by atoms with Gasteiger partial charge in [-0.05, 0) is 37.5 Å². The molecule has 4 fully saturated rings. The lowest BCUT2D eigenvalue weighted by atomic mass is 9.40. The number of likely N-dealkylation sites (N-methyl/N-ethyl adjacent to an activating group) is 2. The summed E-state index contributed by atoms with van der Waals surface area (Å²) in [4.78, 5) is 56.7.